The normalized spacial score (nSPS) is 21.9. The molecule has 3 heteroatoms. The lowest BCUT2D eigenvalue weighted by Gasteiger charge is -2.24. The molecule has 0 radical (unpaired) electrons. The van der Waals surface area contributed by atoms with Crippen LogP contribution in [-0.2, 0) is 0 Å². The molecule has 16 heavy (non-hydrogen) atoms. The highest BCUT2D eigenvalue weighted by atomic mass is 31.2. The van der Waals surface area contributed by atoms with Gasteiger partial charge in [0.25, 0.3) is 0 Å². The van der Waals surface area contributed by atoms with Gasteiger partial charge in [0.1, 0.15) is 6.66 Å². The first-order valence-electron chi connectivity index (χ1n) is 5.16. The first kappa shape index (κ1) is 9.83. The topological polar surface area (TPSA) is 29.5 Å². The molecule has 3 rings (SSSR count). The van der Waals surface area contributed by atoms with Crippen LogP contribution in [0.25, 0.3) is 11.1 Å². The fraction of sp³-hybridized carbons (Fsp3) is 0.0769. The second-order valence-corrected chi connectivity index (χ2v) is 6.41. The van der Waals surface area contributed by atoms with Gasteiger partial charge in [-0.2, -0.15) is 0 Å². The third kappa shape index (κ3) is 1.35. The smallest absolute Gasteiger partial charge is 0.314 e. The molecular formula is C13H12O2P+. The van der Waals surface area contributed by atoms with E-state index in [9.17, 15) is 4.89 Å². The van der Waals surface area contributed by atoms with Gasteiger partial charge >= 0.3 is 7.72 Å². The van der Waals surface area contributed by atoms with Crippen LogP contribution in [0.15, 0.2) is 48.5 Å². The molecule has 80 valence electrons. The Morgan fingerprint density at radius 1 is 0.938 bits per heavy atom. The maximum absolute atomic E-state index is 10.4. The third-order valence-electron chi connectivity index (χ3n) is 2.80. The molecule has 2 aromatic rings. The predicted octanol–water partition coefficient (Wildman–Crippen LogP) is 2.84. The van der Waals surface area contributed by atoms with Crippen LogP contribution in [0.2, 0.25) is 0 Å². The van der Waals surface area contributed by atoms with E-state index in [1.807, 2.05) is 48.5 Å². The van der Waals surface area contributed by atoms with Crippen LogP contribution in [0.3, 0.4) is 0 Å². The maximum Gasteiger partial charge on any atom is 0.347 e. The predicted molar refractivity (Wildman–Crippen MR) is 67.2 cm³/mol. The van der Waals surface area contributed by atoms with Gasteiger partial charge < -0.3 is 4.52 Å². The minimum absolute atomic E-state index is 0.777. The maximum atomic E-state index is 10.4. The highest BCUT2D eigenvalue weighted by Gasteiger charge is 2.43. The molecule has 2 nitrogen and oxygen atoms in total. The van der Waals surface area contributed by atoms with Crippen LogP contribution < -0.4 is 9.83 Å². The number of para-hydroxylation sites is 1. The summed E-state index contributed by atoms with van der Waals surface area (Å²) in [7, 11) is -2.46. The van der Waals surface area contributed by atoms with Gasteiger partial charge in [0.15, 0.2) is 11.1 Å². The van der Waals surface area contributed by atoms with Crippen molar-refractivity contribution in [3.05, 3.63) is 48.5 Å². The van der Waals surface area contributed by atoms with E-state index in [4.69, 9.17) is 4.52 Å². The fourth-order valence-electron chi connectivity index (χ4n) is 2.07. The summed E-state index contributed by atoms with van der Waals surface area (Å²) in [6, 6.07) is 15.7. The van der Waals surface area contributed by atoms with Gasteiger partial charge in [0.05, 0.1) is 0 Å². The van der Waals surface area contributed by atoms with E-state index in [2.05, 4.69) is 0 Å². The van der Waals surface area contributed by atoms with Crippen LogP contribution in [0, 0.1) is 0 Å². The molecule has 0 aliphatic carbocycles. The van der Waals surface area contributed by atoms with Gasteiger partial charge in [-0.05, 0) is 12.1 Å². The molecule has 0 saturated heterocycles. The molecule has 1 aliphatic heterocycles. The Hall–Kier alpha value is -1.37. The Balaban J connectivity index is 2.33. The zero-order valence-electron chi connectivity index (χ0n) is 8.92. The van der Waals surface area contributed by atoms with Crippen LogP contribution >= 0.6 is 7.72 Å². The Bertz CT molecular complexity index is 549. The third-order valence-corrected chi connectivity index (χ3v) is 4.64. The fourth-order valence-corrected chi connectivity index (χ4v) is 3.72. The molecular weight excluding hydrogens is 219 g/mol. The van der Waals surface area contributed by atoms with Crippen molar-refractivity contribution in [3.8, 4) is 16.9 Å². The lowest BCUT2D eigenvalue weighted by molar-refractivity contribution is 0.476. The van der Waals surface area contributed by atoms with Crippen molar-refractivity contribution in [3.63, 3.8) is 0 Å². The van der Waals surface area contributed by atoms with Crippen LogP contribution in [0.5, 0.6) is 5.75 Å². The summed E-state index contributed by atoms with van der Waals surface area (Å²) in [4.78, 5) is 10.4. The molecule has 0 bridgehead atoms. The summed E-state index contributed by atoms with van der Waals surface area (Å²) in [6.07, 6.45) is 0. The Morgan fingerprint density at radius 2 is 1.56 bits per heavy atom. The quantitative estimate of drug-likeness (QED) is 0.706. The van der Waals surface area contributed by atoms with Crippen LogP contribution in [0.1, 0.15) is 0 Å². The van der Waals surface area contributed by atoms with E-state index in [0.29, 0.717) is 0 Å². The largest absolute Gasteiger partial charge is 0.347 e. The van der Waals surface area contributed by atoms with E-state index in [1.165, 1.54) is 0 Å². The SMILES string of the molecule is C[P+]1(O)Oc2ccccc2-c2ccccc21. The van der Waals surface area contributed by atoms with Crippen molar-refractivity contribution < 1.29 is 9.42 Å². The molecule has 0 aromatic heterocycles. The van der Waals surface area contributed by atoms with Crippen molar-refractivity contribution >= 4 is 13.0 Å². The van der Waals surface area contributed by atoms with Crippen LogP contribution in [0.4, 0.5) is 0 Å². The molecule has 1 heterocycles. The van der Waals surface area contributed by atoms with E-state index in [-0.39, 0.29) is 0 Å². The summed E-state index contributed by atoms with van der Waals surface area (Å²) in [5.74, 6) is 0.777. The summed E-state index contributed by atoms with van der Waals surface area (Å²) < 4.78 is 5.71. The van der Waals surface area contributed by atoms with Crippen molar-refractivity contribution in [2.45, 2.75) is 0 Å². The van der Waals surface area contributed by atoms with Gasteiger partial charge in [-0.15, -0.1) is 0 Å². The molecule has 1 N–H and O–H groups in total. The molecule has 0 saturated carbocycles. The number of hydrogen-bond donors (Lipinski definition) is 1. The lowest BCUT2D eigenvalue weighted by atomic mass is 10.0. The minimum Gasteiger partial charge on any atom is -0.314 e. The van der Waals surface area contributed by atoms with E-state index in [0.717, 1.165) is 22.2 Å². The molecule has 2 aromatic carbocycles. The van der Waals surface area contributed by atoms with Gasteiger partial charge in [-0.3, -0.25) is 0 Å². The van der Waals surface area contributed by atoms with Gasteiger partial charge in [-0.1, -0.05) is 36.4 Å². The number of fused-ring (bicyclic) bond motifs is 3. The highest BCUT2D eigenvalue weighted by Crippen LogP contribution is 2.57. The molecule has 0 amide bonds. The molecule has 1 unspecified atom stereocenters. The van der Waals surface area contributed by atoms with E-state index >= 15 is 0 Å². The standard InChI is InChI=1S/C13H12O2P/c1-16(14)13-9-5-3-7-11(13)10-6-2-4-8-12(10)15-16/h2-9,14H,1H3/q+1. The van der Waals surface area contributed by atoms with Crippen LogP contribution in [-0.4, -0.2) is 11.6 Å². The second-order valence-electron chi connectivity index (χ2n) is 3.98. The summed E-state index contributed by atoms with van der Waals surface area (Å²) in [5, 5.41) is 0.925. The zero-order chi connectivity index (χ0) is 11.2. The molecule has 1 aliphatic rings. The van der Waals surface area contributed by atoms with Crippen molar-refractivity contribution in [2.24, 2.45) is 0 Å². The van der Waals surface area contributed by atoms with Crippen molar-refractivity contribution in [1.29, 1.82) is 0 Å². The van der Waals surface area contributed by atoms with Gasteiger partial charge in [0, 0.05) is 11.1 Å². The molecule has 0 fully saturated rings. The average Bonchev–Trinajstić information content (AvgIpc) is 2.29. The Morgan fingerprint density at radius 3 is 2.38 bits per heavy atom. The lowest BCUT2D eigenvalue weighted by Crippen LogP contribution is -2.21. The van der Waals surface area contributed by atoms with Crippen molar-refractivity contribution in [1.82, 2.24) is 0 Å². The Labute approximate surface area is 95.0 Å². The molecule has 0 spiro atoms. The summed E-state index contributed by atoms with van der Waals surface area (Å²) >= 11 is 0. The number of hydrogen-bond acceptors (Lipinski definition) is 2. The number of rotatable bonds is 0. The van der Waals surface area contributed by atoms with E-state index in [1.54, 1.807) is 6.66 Å². The minimum atomic E-state index is -2.46. The highest BCUT2D eigenvalue weighted by molar-refractivity contribution is 7.73. The monoisotopic (exact) mass is 231 g/mol. The number of benzene rings is 2. The van der Waals surface area contributed by atoms with E-state index < -0.39 is 7.72 Å². The summed E-state index contributed by atoms with van der Waals surface area (Å²) in [5.41, 5.74) is 2.15. The zero-order valence-corrected chi connectivity index (χ0v) is 9.82. The average molecular weight is 231 g/mol. The molecule has 1 atom stereocenters. The summed E-state index contributed by atoms with van der Waals surface area (Å²) in [6.45, 7) is 1.78. The first-order chi connectivity index (χ1) is 7.68. The van der Waals surface area contributed by atoms with Gasteiger partial charge in [0.2, 0.25) is 0 Å². The Kier molecular flexibility index (Phi) is 2.03. The van der Waals surface area contributed by atoms with Gasteiger partial charge in [-0.25, -0.2) is 4.89 Å². The second kappa shape index (κ2) is 3.31. The van der Waals surface area contributed by atoms with Crippen molar-refractivity contribution in [2.75, 3.05) is 6.66 Å². The first-order valence-corrected chi connectivity index (χ1v) is 7.27.